The molecule has 0 radical (unpaired) electrons. The molecule has 1 aliphatic rings. The molecule has 8 nitrogen and oxygen atoms in total. The van der Waals surface area contributed by atoms with E-state index in [4.69, 9.17) is 4.74 Å². The smallest absolute Gasteiger partial charge is 0.406 e. The molecule has 172 valence electrons. The first-order valence-corrected chi connectivity index (χ1v) is 10.1. The Morgan fingerprint density at radius 3 is 2.33 bits per heavy atom. The molecule has 4 rings (SSSR count). The summed E-state index contributed by atoms with van der Waals surface area (Å²) in [6, 6.07) is 15.1. The van der Waals surface area contributed by atoms with E-state index in [1.807, 2.05) is 18.2 Å². The molecule has 1 fully saturated rings. The largest absolute Gasteiger partial charge is 0.573 e. The lowest BCUT2D eigenvalue weighted by Crippen LogP contribution is -2.36. The van der Waals surface area contributed by atoms with E-state index < -0.39 is 12.4 Å². The Morgan fingerprint density at radius 2 is 1.67 bits per heavy atom. The number of morpholine rings is 1. The lowest BCUT2D eigenvalue weighted by molar-refractivity contribution is -0.274. The van der Waals surface area contributed by atoms with Crippen LogP contribution in [0.25, 0.3) is 11.3 Å². The predicted molar refractivity (Wildman–Crippen MR) is 116 cm³/mol. The SMILES string of the molecule is O=C(Nc1ccc(OC(F)(F)F)cc1)Nc1cccc(-c2ccc(N3CCOCC3)nn2)c1. The van der Waals surface area contributed by atoms with E-state index >= 15 is 0 Å². The van der Waals surface area contributed by atoms with Crippen LogP contribution in [0.4, 0.5) is 35.2 Å². The first-order chi connectivity index (χ1) is 15.9. The number of amides is 2. The van der Waals surface area contributed by atoms with Crippen LogP contribution in [0.1, 0.15) is 0 Å². The first-order valence-electron chi connectivity index (χ1n) is 10.1. The number of aromatic nitrogens is 2. The van der Waals surface area contributed by atoms with Crippen molar-refractivity contribution in [3.63, 3.8) is 0 Å². The summed E-state index contributed by atoms with van der Waals surface area (Å²) in [5.74, 6) is 0.407. The maximum Gasteiger partial charge on any atom is 0.573 e. The maximum atomic E-state index is 12.3. The normalized spacial score (nSPS) is 14.0. The Kier molecular flexibility index (Phi) is 6.59. The molecule has 2 heterocycles. The highest BCUT2D eigenvalue weighted by Crippen LogP contribution is 2.25. The number of hydrogen-bond acceptors (Lipinski definition) is 6. The van der Waals surface area contributed by atoms with Crippen molar-refractivity contribution in [2.75, 3.05) is 41.8 Å². The van der Waals surface area contributed by atoms with E-state index in [2.05, 4.69) is 30.5 Å². The van der Waals surface area contributed by atoms with Crippen molar-refractivity contribution in [1.82, 2.24) is 10.2 Å². The Balaban J connectivity index is 1.37. The Bertz CT molecular complexity index is 1090. The minimum atomic E-state index is -4.77. The third kappa shape index (κ3) is 6.32. The van der Waals surface area contributed by atoms with Crippen LogP contribution in [-0.4, -0.2) is 48.9 Å². The number of rotatable bonds is 5. The van der Waals surface area contributed by atoms with Crippen LogP contribution in [0.15, 0.2) is 60.7 Å². The fourth-order valence-electron chi connectivity index (χ4n) is 3.23. The Labute approximate surface area is 187 Å². The van der Waals surface area contributed by atoms with Crippen LogP contribution in [0, 0.1) is 0 Å². The van der Waals surface area contributed by atoms with Gasteiger partial charge in [-0.05, 0) is 48.5 Å². The van der Waals surface area contributed by atoms with Gasteiger partial charge in [-0.15, -0.1) is 23.4 Å². The molecule has 1 aromatic heterocycles. The number of hydrogen-bond donors (Lipinski definition) is 2. The number of anilines is 3. The molecule has 2 aromatic carbocycles. The summed E-state index contributed by atoms with van der Waals surface area (Å²) in [5.41, 5.74) is 2.24. The molecule has 1 aliphatic heterocycles. The van der Waals surface area contributed by atoms with E-state index in [1.165, 1.54) is 12.1 Å². The summed E-state index contributed by atoms with van der Waals surface area (Å²) in [7, 11) is 0. The standard InChI is InChI=1S/C22H20F3N5O3/c23-22(24,25)33-18-6-4-16(5-7-18)26-21(31)27-17-3-1-2-15(14-17)19-8-9-20(29-28-19)30-10-12-32-13-11-30/h1-9,14H,10-13H2,(H2,26,27,31). The predicted octanol–water partition coefficient (Wildman–Crippen LogP) is 4.52. The maximum absolute atomic E-state index is 12.3. The van der Waals surface area contributed by atoms with Crippen molar-refractivity contribution in [2.45, 2.75) is 6.36 Å². The molecule has 2 N–H and O–H groups in total. The van der Waals surface area contributed by atoms with Gasteiger partial charge >= 0.3 is 12.4 Å². The van der Waals surface area contributed by atoms with Gasteiger partial charge in [-0.1, -0.05) is 12.1 Å². The molecule has 0 saturated carbocycles. The van der Waals surface area contributed by atoms with Crippen LogP contribution < -0.4 is 20.3 Å². The monoisotopic (exact) mass is 459 g/mol. The first kappa shape index (κ1) is 22.3. The highest BCUT2D eigenvalue weighted by molar-refractivity contribution is 6.00. The molecule has 0 spiro atoms. The number of carbonyl (C=O) groups is 1. The molecular weight excluding hydrogens is 439 g/mol. The van der Waals surface area contributed by atoms with E-state index in [0.717, 1.165) is 36.6 Å². The zero-order chi connectivity index (χ0) is 23.3. The van der Waals surface area contributed by atoms with E-state index in [-0.39, 0.29) is 5.75 Å². The van der Waals surface area contributed by atoms with Gasteiger partial charge in [0.15, 0.2) is 5.82 Å². The Hall–Kier alpha value is -3.86. The minimum Gasteiger partial charge on any atom is -0.406 e. The third-order valence-corrected chi connectivity index (χ3v) is 4.75. The van der Waals surface area contributed by atoms with Crippen molar-refractivity contribution in [3.05, 3.63) is 60.7 Å². The zero-order valence-corrected chi connectivity index (χ0v) is 17.3. The van der Waals surface area contributed by atoms with Crippen LogP contribution in [0.3, 0.4) is 0 Å². The summed E-state index contributed by atoms with van der Waals surface area (Å²) >= 11 is 0. The fraction of sp³-hybridized carbons (Fsp3) is 0.227. The second-order valence-corrected chi connectivity index (χ2v) is 7.11. The van der Waals surface area contributed by atoms with Gasteiger partial charge in [0.1, 0.15) is 5.75 Å². The molecule has 0 unspecified atom stereocenters. The molecule has 2 amide bonds. The van der Waals surface area contributed by atoms with Crippen LogP contribution in [0.5, 0.6) is 5.75 Å². The van der Waals surface area contributed by atoms with Crippen molar-refractivity contribution in [2.24, 2.45) is 0 Å². The van der Waals surface area contributed by atoms with Gasteiger partial charge in [0, 0.05) is 30.0 Å². The average Bonchev–Trinajstić information content (AvgIpc) is 2.80. The van der Waals surface area contributed by atoms with Gasteiger partial charge < -0.3 is 25.0 Å². The lowest BCUT2D eigenvalue weighted by atomic mass is 10.1. The van der Waals surface area contributed by atoms with E-state index in [1.54, 1.807) is 18.2 Å². The van der Waals surface area contributed by atoms with Crippen molar-refractivity contribution < 1.29 is 27.4 Å². The van der Waals surface area contributed by atoms with E-state index in [0.29, 0.717) is 30.3 Å². The summed E-state index contributed by atoms with van der Waals surface area (Å²) in [4.78, 5) is 14.4. The minimum absolute atomic E-state index is 0.308. The molecule has 3 aromatic rings. The number of nitrogens with one attached hydrogen (secondary N) is 2. The highest BCUT2D eigenvalue weighted by Gasteiger charge is 2.31. The number of carbonyl (C=O) groups excluding carboxylic acids is 1. The molecular formula is C22H20F3N5O3. The lowest BCUT2D eigenvalue weighted by Gasteiger charge is -2.27. The van der Waals surface area contributed by atoms with Gasteiger partial charge in [-0.25, -0.2) is 4.79 Å². The van der Waals surface area contributed by atoms with Crippen LogP contribution in [0.2, 0.25) is 0 Å². The number of benzene rings is 2. The molecule has 0 aliphatic carbocycles. The number of ether oxygens (including phenoxy) is 2. The Morgan fingerprint density at radius 1 is 0.939 bits per heavy atom. The van der Waals surface area contributed by atoms with Crippen LogP contribution in [-0.2, 0) is 4.74 Å². The number of halogens is 3. The second-order valence-electron chi connectivity index (χ2n) is 7.11. The third-order valence-electron chi connectivity index (χ3n) is 4.75. The number of alkyl halides is 3. The van der Waals surface area contributed by atoms with Crippen molar-refractivity contribution in [1.29, 1.82) is 0 Å². The molecule has 11 heteroatoms. The van der Waals surface area contributed by atoms with Gasteiger partial charge in [0.2, 0.25) is 0 Å². The van der Waals surface area contributed by atoms with Crippen molar-refractivity contribution in [3.8, 4) is 17.0 Å². The molecule has 33 heavy (non-hydrogen) atoms. The second kappa shape index (κ2) is 9.74. The van der Waals surface area contributed by atoms with Gasteiger partial charge in [0.05, 0.1) is 18.9 Å². The quantitative estimate of drug-likeness (QED) is 0.583. The molecule has 1 saturated heterocycles. The fourth-order valence-corrected chi connectivity index (χ4v) is 3.23. The van der Waals surface area contributed by atoms with E-state index in [9.17, 15) is 18.0 Å². The van der Waals surface area contributed by atoms with Gasteiger partial charge in [-0.3, -0.25) is 0 Å². The van der Waals surface area contributed by atoms with Crippen molar-refractivity contribution >= 4 is 23.2 Å². The highest BCUT2D eigenvalue weighted by atomic mass is 19.4. The molecule has 0 bridgehead atoms. The zero-order valence-electron chi connectivity index (χ0n) is 17.3. The van der Waals surface area contributed by atoms with Gasteiger partial charge in [-0.2, -0.15) is 0 Å². The average molecular weight is 459 g/mol. The summed E-state index contributed by atoms with van der Waals surface area (Å²) in [6.45, 7) is 2.84. The number of nitrogens with zero attached hydrogens (tertiary/aromatic N) is 3. The van der Waals surface area contributed by atoms with Crippen LogP contribution >= 0.6 is 0 Å². The summed E-state index contributed by atoms with van der Waals surface area (Å²) < 4.78 is 45.9. The number of urea groups is 1. The summed E-state index contributed by atoms with van der Waals surface area (Å²) in [6.07, 6.45) is -4.77. The molecule has 0 atom stereocenters. The topological polar surface area (TPSA) is 88.6 Å². The summed E-state index contributed by atoms with van der Waals surface area (Å²) in [5, 5.41) is 13.8. The van der Waals surface area contributed by atoms with Gasteiger partial charge in [0.25, 0.3) is 0 Å².